The van der Waals surface area contributed by atoms with Crippen LogP contribution < -0.4 is 0 Å². The highest BCUT2D eigenvalue weighted by Crippen LogP contribution is 2.29. The van der Waals surface area contributed by atoms with Crippen LogP contribution in [0.1, 0.15) is 26.7 Å². The Kier molecular flexibility index (Phi) is 3.32. The van der Waals surface area contributed by atoms with E-state index in [0.717, 1.165) is 0 Å². The molecule has 0 N–H and O–H groups in total. The fraction of sp³-hybridized carbons (Fsp3) is 0.636. The molecule has 13 heavy (non-hydrogen) atoms. The second-order valence-electron chi connectivity index (χ2n) is 3.79. The van der Waals surface area contributed by atoms with Crippen molar-refractivity contribution in [2.75, 3.05) is 6.61 Å². The summed E-state index contributed by atoms with van der Waals surface area (Å²) in [6, 6.07) is 0. The van der Waals surface area contributed by atoms with Crippen molar-refractivity contribution in [3.05, 3.63) is 17.9 Å². The lowest BCUT2D eigenvalue weighted by Crippen LogP contribution is -2.13. The van der Waals surface area contributed by atoms with Gasteiger partial charge in [0.15, 0.2) is 0 Å². The van der Waals surface area contributed by atoms with Gasteiger partial charge in [0.05, 0.1) is 12.2 Å². The van der Waals surface area contributed by atoms with E-state index in [9.17, 15) is 4.79 Å². The van der Waals surface area contributed by atoms with Gasteiger partial charge in [0.1, 0.15) is 0 Å². The van der Waals surface area contributed by atoms with Crippen molar-refractivity contribution in [2.45, 2.75) is 26.7 Å². The summed E-state index contributed by atoms with van der Waals surface area (Å²) >= 11 is 0. The van der Waals surface area contributed by atoms with Crippen LogP contribution in [0.25, 0.3) is 0 Å². The Labute approximate surface area is 79.3 Å². The Bertz CT molecular complexity index is 243. The van der Waals surface area contributed by atoms with E-state index in [1.165, 1.54) is 12.8 Å². The van der Waals surface area contributed by atoms with Gasteiger partial charge in [-0.1, -0.05) is 20.4 Å². The minimum absolute atomic E-state index is 0.143. The normalized spacial score (nSPS) is 15.3. The number of esters is 1. The maximum absolute atomic E-state index is 11.4. The van der Waals surface area contributed by atoms with Crippen LogP contribution >= 0.6 is 0 Å². The molecule has 0 unspecified atom stereocenters. The number of hydrogen-bond acceptors (Lipinski definition) is 2. The van der Waals surface area contributed by atoms with Gasteiger partial charge >= 0.3 is 5.97 Å². The van der Waals surface area contributed by atoms with E-state index in [1.807, 2.05) is 13.8 Å². The molecule has 72 valence electrons. The van der Waals surface area contributed by atoms with E-state index in [4.69, 9.17) is 4.74 Å². The molecule has 1 aliphatic rings. The van der Waals surface area contributed by atoms with Crippen LogP contribution in [0, 0.1) is 11.8 Å². The molecule has 0 heterocycles. The summed E-state index contributed by atoms with van der Waals surface area (Å²) in [5.41, 5.74) is 3.19. The summed E-state index contributed by atoms with van der Waals surface area (Å²) < 4.78 is 5.10. The van der Waals surface area contributed by atoms with E-state index < -0.39 is 0 Å². The highest BCUT2D eigenvalue weighted by Gasteiger charge is 2.24. The summed E-state index contributed by atoms with van der Waals surface area (Å²) in [6.45, 7) is 7.92. The molecular weight excluding hydrogens is 164 g/mol. The molecule has 0 aromatic carbocycles. The van der Waals surface area contributed by atoms with Crippen LogP contribution in [0.4, 0.5) is 0 Å². The highest BCUT2D eigenvalue weighted by atomic mass is 16.5. The van der Waals surface area contributed by atoms with Gasteiger partial charge in [-0.05, 0) is 24.7 Å². The lowest BCUT2D eigenvalue weighted by atomic mass is 10.1. The standard InChI is InChI=1S/C11H16O2/c1-4-10(8(2)3)11(12)13-7-9-5-6-9/h8-9H,1,5-7H2,2-3H3. The Balaban J connectivity index is 2.39. The minimum Gasteiger partial charge on any atom is -0.462 e. The first kappa shape index (κ1) is 10.1. The van der Waals surface area contributed by atoms with Gasteiger partial charge in [-0.15, -0.1) is 5.73 Å². The van der Waals surface area contributed by atoms with Crippen molar-refractivity contribution < 1.29 is 9.53 Å². The van der Waals surface area contributed by atoms with E-state index >= 15 is 0 Å². The van der Waals surface area contributed by atoms with Gasteiger partial charge in [0.25, 0.3) is 0 Å². The summed E-state index contributed by atoms with van der Waals surface area (Å²) in [5.74, 6) is 0.503. The molecule has 0 spiro atoms. The van der Waals surface area contributed by atoms with Crippen molar-refractivity contribution in [1.82, 2.24) is 0 Å². The van der Waals surface area contributed by atoms with Gasteiger partial charge in [-0.2, -0.15) is 0 Å². The molecule has 0 bridgehead atoms. The third-order valence-electron chi connectivity index (χ3n) is 2.13. The largest absolute Gasteiger partial charge is 0.462 e. The molecule has 0 amide bonds. The van der Waals surface area contributed by atoms with E-state index in [2.05, 4.69) is 12.3 Å². The van der Waals surface area contributed by atoms with Crippen LogP contribution in [-0.2, 0) is 9.53 Å². The van der Waals surface area contributed by atoms with Gasteiger partial charge in [-0.3, -0.25) is 0 Å². The van der Waals surface area contributed by atoms with Gasteiger partial charge in [-0.25, -0.2) is 4.79 Å². The zero-order valence-electron chi connectivity index (χ0n) is 8.30. The number of carbonyl (C=O) groups excluding carboxylic acids is 1. The van der Waals surface area contributed by atoms with Gasteiger partial charge in [0.2, 0.25) is 0 Å². The fourth-order valence-electron chi connectivity index (χ4n) is 1.07. The van der Waals surface area contributed by atoms with Gasteiger partial charge < -0.3 is 4.74 Å². The van der Waals surface area contributed by atoms with Crippen molar-refractivity contribution in [3.8, 4) is 0 Å². The first-order valence-electron chi connectivity index (χ1n) is 4.72. The second-order valence-corrected chi connectivity index (χ2v) is 3.79. The average Bonchev–Trinajstić information content (AvgIpc) is 2.84. The van der Waals surface area contributed by atoms with Crippen LogP contribution in [0.15, 0.2) is 17.9 Å². The predicted octanol–water partition coefficient (Wildman–Crippen LogP) is 2.31. The maximum Gasteiger partial charge on any atom is 0.342 e. The SMILES string of the molecule is C=C=C(C(=O)OCC1CC1)C(C)C. The van der Waals surface area contributed by atoms with Crippen molar-refractivity contribution in [3.63, 3.8) is 0 Å². The Morgan fingerprint density at radius 2 is 2.23 bits per heavy atom. The predicted molar refractivity (Wildman–Crippen MR) is 51.2 cm³/mol. The molecule has 1 aliphatic carbocycles. The van der Waals surface area contributed by atoms with Crippen LogP contribution in [-0.4, -0.2) is 12.6 Å². The van der Waals surface area contributed by atoms with E-state index in [-0.39, 0.29) is 11.9 Å². The molecule has 0 aliphatic heterocycles. The monoisotopic (exact) mass is 180 g/mol. The summed E-state index contributed by atoms with van der Waals surface area (Å²) in [5, 5.41) is 0. The van der Waals surface area contributed by atoms with Crippen LogP contribution in [0.2, 0.25) is 0 Å². The number of rotatable bonds is 4. The molecule has 0 radical (unpaired) electrons. The zero-order valence-corrected chi connectivity index (χ0v) is 8.30. The Morgan fingerprint density at radius 1 is 1.62 bits per heavy atom. The zero-order chi connectivity index (χ0) is 9.84. The van der Waals surface area contributed by atoms with Crippen molar-refractivity contribution in [1.29, 1.82) is 0 Å². The molecule has 0 atom stereocenters. The molecule has 0 aromatic rings. The third kappa shape index (κ3) is 3.08. The lowest BCUT2D eigenvalue weighted by Gasteiger charge is -2.07. The molecule has 0 aromatic heterocycles. The molecule has 2 heteroatoms. The summed E-state index contributed by atoms with van der Waals surface area (Å²) in [7, 11) is 0. The third-order valence-corrected chi connectivity index (χ3v) is 2.13. The maximum atomic E-state index is 11.4. The molecule has 1 saturated carbocycles. The smallest absolute Gasteiger partial charge is 0.342 e. The number of hydrogen-bond donors (Lipinski definition) is 0. The first-order chi connectivity index (χ1) is 6.15. The quantitative estimate of drug-likeness (QED) is 0.377. The highest BCUT2D eigenvalue weighted by molar-refractivity contribution is 5.88. The molecule has 1 fully saturated rings. The van der Waals surface area contributed by atoms with Crippen LogP contribution in [0.5, 0.6) is 0 Å². The van der Waals surface area contributed by atoms with E-state index in [0.29, 0.717) is 18.1 Å². The fourth-order valence-corrected chi connectivity index (χ4v) is 1.07. The molecule has 1 rings (SSSR count). The number of carbonyl (C=O) groups is 1. The second kappa shape index (κ2) is 4.29. The topological polar surface area (TPSA) is 26.3 Å². The van der Waals surface area contributed by atoms with E-state index in [1.54, 1.807) is 0 Å². The average molecular weight is 180 g/mol. The minimum atomic E-state index is -0.253. The van der Waals surface area contributed by atoms with Crippen LogP contribution in [0.3, 0.4) is 0 Å². The Hall–Kier alpha value is -1.01. The first-order valence-corrected chi connectivity index (χ1v) is 4.72. The van der Waals surface area contributed by atoms with Crippen molar-refractivity contribution >= 4 is 5.97 Å². The van der Waals surface area contributed by atoms with Gasteiger partial charge in [0, 0.05) is 0 Å². The molecular formula is C11H16O2. The molecule has 2 nitrogen and oxygen atoms in total. The number of ether oxygens (including phenoxy) is 1. The summed E-state index contributed by atoms with van der Waals surface area (Å²) in [6.07, 6.45) is 2.39. The Morgan fingerprint density at radius 3 is 2.62 bits per heavy atom. The molecule has 0 saturated heterocycles. The van der Waals surface area contributed by atoms with Crippen molar-refractivity contribution in [2.24, 2.45) is 11.8 Å². The lowest BCUT2D eigenvalue weighted by molar-refractivity contribution is -0.140. The summed E-state index contributed by atoms with van der Waals surface area (Å²) in [4.78, 5) is 11.4.